The molecule has 24 heavy (non-hydrogen) atoms. The average molecular weight is 328 g/mol. The number of fused-ring (bicyclic) bond motifs is 4. The van der Waals surface area contributed by atoms with Crippen LogP contribution in [0.25, 0.3) is 6.08 Å². The lowest BCUT2D eigenvalue weighted by molar-refractivity contribution is 0.433. The van der Waals surface area contributed by atoms with Gasteiger partial charge in [-0.15, -0.1) is 11.8 Å². The molecule has 1 fully saturated rings. The van der Waals surface area contributed by atoms with Gasteiger partial charge in [0.15, 0.2) is 0 Å². The van der Waals surface area contributed by atoms with Gasteiger partial charge < -0.3 is 4.74 Å². The molecule has 0 saturated carbocycles. The van der Waals surface area contributed by atoms with Gasteiger partial charge in [-0.3, -0.25) is 0 Å². The highest BCUT2D eigenvalue weighted by molar-refractivity contribution is 8.05. The summed E-state index contributed by atoms with van der Waals surface area (Å²) in [6.45, 7) is 0. The number of para-hydroxylation sites is 2. The van der Waals surface area contributed by atoms with Gasteiger partial charge in [-0.05, 0) is 28.7 Å². The number of rotatable bonds is 1. The minimum atomic E-state index is -0.00789. The monoisotopic (exact) mass is 328 g/mol. The van der Waals surface area contributed by atoms with E-state index >= 15 is 0 Å². The van der Waals surface area contributed by atoms with Crippen molar-refractivity contribution in [2.75, 3.05) is 0 Å². The quantitative estimate of drug-likeness (QED) is 0.525. The summed E-state index contributed by atoms with van der Waals surface area (Å²) in [5, 5.41) is 0. The van der Waals surface area contributed by atoms with E-state index in [1.165, 1.54) is 21.6 Å². The molecule has 0 radical (unpaired) electrons. The molecule has 0 aliphatic carbocycles. The molecule has 0 aromatic heterocycles. The Morgan fingerprint density at radius 2 is 1.29 bits per heavy atom. The third-order valence-electron chi connectivity index (χ3n) is 4.72. The van der Waals surface area contributed by atoms with Crippen LogP contribution in [0.1, 0.15) is 23.1 Å². The van der Waals surface area contributed by atoms with Crippen LogP contribution in [0.5, 0.6) is 11.5 Å². The van der Waals surface area contributed by atoms with Gasteiger partial charge in [0.1, 0.15) is 11.5 Å². The van der Waals surface area contributed by atoms with Gasteiger partial charge in [-0.2, -0.15) is 0 Å². The van der Waals surface area contributed by atoms with Crippen molar-refractivity contribution in [1.82, 2.24) is 0 Å². The third-order valence-corrected chi connectivity index (χ3v) is 6.18. The highest BCUT2D eigenvalue weighted by Crippen LogP contribution is 2.66. The second-order valence-electron chi connectivity index (χ2n) is 6.22. The lowest BCUT2D eigenvalue weighted by Crippen LogP contribution is -2.34. The minimum Gasteiger partial charge on any atom is -0.457 e. The zero-order valence-electron chi connectivity index (χ0n) is 13.1. The Morgan fingerprint density at radius 3 is 1.92 bits per heavy atom. The summed E-state index contributed by atoms with van der Waals surface area (Å²) >= 11 is 1.96. The van der Waals surface area contributed by atoms with Crippen LogP contribution in [0.4, 0.5) is 0 Å². The molecule has 0 amide bonds. The summed E-state index contributed by atoms with van der Waals surface area (Å²) in [6.07, 6.45) is 3.33. The van der Waals surface area contributed by atoms with Crippen LogP contribution >= 0.6 is 11.8 Å². The standard InChI is InChI=1S/C22H16OS/c1-2-8-16(9-3-1)14-17-15-22(24-17)18-10-4-6-12-20(18)23-21-13-7-5-11-19(21)22/h1-14H,15H2. The molecule has 0 atom stereocenters. The number of hydrogen-bond donors (Lipinski definition) is 0. The Labute approximate surface area is 146 Å². The number of allylic oxidation sites excluding steroid dienone is 1. The maximum Gasteiger partial charge on any atom is 0.132 e. The van der Waals surface area contributed by atoms with E-state index in [1.807, 2.05) is 23.9 Å². The van der Waals surface area contributed by atoms with E-state index in [2.05, 4.69) is 72.8 Å². The van der Waals surface area contributed by atoms with Crippen molar-refractivity contribution < 1.29 is 4.74 Å². The van der Waals surface area contributed by atoms with Gasteiger partial charge in [0.25, 0.3) is 0 Å². The van der Waals surface area contributed by atoms with E-state index in [-0.39, 0.29) is 4.75 Å². The van der Waals surface area contributed by atoms with Gasteiger partial charge in [-0.25, -0.2) is 0 Å². The fourth-order valence-electron chi connectivity index (χ4n) is 3.62. The highest BCUT2D eigenvalue weighted by Gasteiger charge is 2.50. The maximum absolute atomic E-state index is 6.13. The Kier molecular flexibility index (Phi) is 3.07. The van der Waals surface area contributed by atoms with Crippen molar-refractivity contribution in [3.63, 3.8) is 0 Å². The predicted octanol–water partition coefficient (Wildman–Crippen LogP) is 6.21. The topological polar surface area (TPSA) is 9.23 Å². The summed E-state index contributed by atoms with van der Waals surface area (Å²) in [7, 11) is 0. The second kappa shape index (κ2) is 5.29. The molecule has 5 rings (SSSR count). The lowest BCUT2D eigenvalue weighted by Gasteiger charge is -2.47. The lowest BCUT2D eigenvalue weighted by atomic mass is 9.83. The molecular weight excluding hydrogens is 312 g/mol. The molecule has 0 N–H and O–H groups in total. The van der Waals surface area contributed by atoms with E-state index in [0.717, 1.165) is 17.9 Å². The Bertz CT molecular complexity index is 887. The van der Waals surface area contributed by atoms with Crippen LogP contribution in [0, 0.1) is 0 Å². The molecule has 0 bridgehead atoms. The SMILES string of the molecule is C(=C1CC2(S1)c1ccccc1Oc1ccccc12)c1ccccc1. The van der Waals surface area contributed by atoms with Crippen LogP contribution in [-0.2, 0) is 4.75 Å². The number of thioether (sulfide) groups is 1. The first-order valence-electron chi connectivity index (χ1n) is 8.17. The Balaban J connectivity index is 1.59. The van der Waals surface area contributed by atoms with Crippen molar-refractivity contribution >= 4 is 17.8 Å². The number of benzene rings is 3. The van der Waals surface area contributed by atoms with Gasteiger partial charge in [0.05, 0.1) is 4.75 Å². The van der Waals surface area contributed by atoms with Crippen molar-refractivity contribution in [2.45, 2.75) is 11.2 Å². The molecule has 1 spiro atoms. The largest absolute Gasteiger partial charge is 0.457 e. The summed E-state index contributed by atoms with van der Waals surface area (Å²) in [5.41, 5.74) is 3.85. The van der Waals surface area contributed by atoms with Crippen molar-refractivity contribution in [2.24, 2.45) is 0 Å². The van der Waals surface area contributed by atoms with E-state index in [9.17, 15) is 0 Å². The zero-order valence-corrected chi connectivity index (χ0v) is 13.9. The molecule has 3 aromatic rings. The predicted molar refractivity (Wildman–Crippen MR) is 100 cm³/mol. The number of ether oxygens (including phenoxy) is 1. The Hall–Kier alpha value is -2.45. The molecule has 3 aromatic carbocycles. The molecule has 1 nitrogen and oxygen atoms in total. The zero-order chi connectivity index (χ0) is 16.0. The van der Waals surface area contributed by atoms with E-state index in [1.54, 1.807) is 0 Å². The first kappa shape index (κ1) is 13.9. The van der Waals surface area contributed by atoms with Crippen molar-refractivity contribution in [3.05, 3.63) is 100 Å². The van der Waals surface area contributed by atoms with E-state index in [4.69, 9.17) is 4.74 Å². The summed E-state index contributed by atoms with van der Waals surface area (Å²) < 4.78 is 6.12. The normalized spacial score (nSPS) is 18.4. The van der Waals surface area contributed by atoms with Crippen molar-refractivity contribution in [1.29, 1.82) is 0 Å². The first-order valence-corrected chi connectivity index (χ1v) is 8.98. The van der Waals surface area contributed by atoms with Gasteiger partial charge in [0, 0.05) is 17.5 Å². The Morgan fingerprint density at radius 1 is 0.750 bits per heavy atom. The van der Waals surface area contributed by atoms with Crippen LogP contribution in [0.3, 0.4) is 0 Å². The molecule has 2 aliphatic rings. The molecule has 2 heteroatoms. The van der Waals surface area contributed by atoms with Crippen LogP contribution in [-0.4, -0.2) is 0 Å². The van der Waals surface area contributed by atoms with Gasteiger partial charge >= 0.3 is 0 Å². The molecule has 1 saturated heterocycles. The molecular formula is C22H16OS. The molecule has 0 unspecified atom stereocenters. The van der Waals surface area contributed by atoms with Crippen LogP contribution in [0.2, 0.25) is 0 Å². The first-order chi connectivity index (χ1) is 11.9. The summed E-state index contributed by atoms with van der Waals surface area (Å²) in [6, 6.07) is 27.4. The number of hydrogen-bond acceptors (Lipinski definition) is 2. The minimum absolute atomic E-state index is 0.00789. The van der Waals surface area contributed by atoms with E-state index in [0.29, 0.717) is 0 Å². The fourth-order valence-corrected chi connectivity index (χ4v) is 5.09. The van der Waals surface area contributed by atoms with Crippen LogP contribution in [0.15, 0.2) is 83.8 Å². The third kappa shape index (κ3) is 2.03. The molecule has 2 heterocycles. The van der Waals surface area contributed by atoms with Gasteiger partial charge in [-0.1, -0.05) is 66.7 Å². The second-order valence-corrected chi connectivity index (χ2v) is 7.65. The smallest absolute Gasteiger partial charge is 0.132 e. The maximum atomic E-state index is 6.13. The van der Waals surface area contributed by atoms with Crippen LogP contribution < -0.4 is 4.74 Å². The summed E-state index contributed by atoms with van der Waals surface area (Å²) in [4.78, 5) is 1.42. The molecule has 116 valence electrons. The summed E-state index contributed by atoms with van der Waals surface area (Å²) in [5.74, 6) is 1.98. The average Bonchev–Trinajstić information content (AvgIpc) is 2.61. The van der Waals surface area contributed by atoms with E-state index < -0.39 is 0 Å². The van der Waals surface area contributed by atoms with Crippen molar-refractivity contribution in [3.8, 4) is 11.5 Å². The molecule has 2 aliphatic heterocycles. The fraction of sp³-hybridized carbons (Fsp3) is 0.0909. The highest BCUT2D eigenvalue weighted by atomic mass is 32.2. The van der Waals surface area contributed by atoms with Gasteiger partial charge in [0.2, 0.25) is 0 Å².